The van der Waals surface area contributed by atoms with Crippen molar-refractivity contribution in [1.29, 1.82) is 0 Å². The first-order valence-corrected chi connectivity index (χ1v) is 8.25. The molecule has 6 nitrogen and oxygen atoms in total. The third kappa shape index (κ3) is 5.97. The van der Waals surface area contributed by atoms with Crippen LogP contribution < -0.4 is 14.8 Å². The second-order valence-electron chi connectivity index (χ2n) is 5.67. The van der Waals surface area contributed by atoms with E-state index in [4.69, 9.17) is 25.8 Å². The number of hydrogen-bond donors (Lipinski definition) is 1. The molecule has 0 fully saturated rings. The minimum atomic E-state index is -0.632. The summed E-state index contributed by atoms with van der Waals surface area (Å²) in [5.41, 5.74) is 2.54. The number of amides is 1. The summed E-state index contributed by atoms with van der Waals surface area (Å²) < 4.78 is 15.3. The fraction of sp³-hybridized carbons (Fsp3) is 0.263. The third-order valence-electron chi connectivity index (χ3n) is 3.35. The number of esters is 1. The molecule has 0 unspecified atom stereocenters. The molecule has 0 aromatic heterocycles. The van der Waals surface area contributed by atoms with E-state index in [2.05, 4.69) is 5.32 Å². The molecule has 0 aliphatic rings. The Morgan fingerprint density at radius 1 is 1.04 bits per heavy atom. The molecule has 2 aromatic rings. The van der Waals surface area contributed by atoms with Crippen molar-refractivity contribution >= 4 is 29.2 Å². The first kappa shape index (κ1) is 19.6. The Kier molecular flexibility index (Phi) is 6.86. The number of methoxy groups -OCH3 is 1. The molecule has 0 saturated heterocycles. The van der Waals surface area contributed by atoms with Crippen molar-refractivity contribution in [2.75, 3.05) is 25.6 Å². The van der Waals surface area contributed by atoms with E-state index in [0.29, 0.717) is 22.2 Å². The van der Waals surface area contributed by atoms with Crippen LogP contribution >= 0.6 is 11.6 Å². The van der Waals surface area contributed by atoms with E-state index in [-0.39, 0.29) is 6.61 Å². The summed E-state index contributed by atoms with van der Waals surface area (Å²) in [4.78, 5) is 23.6. The van der Waals surface area contributed by atoms with Crippen molar-refractivity contribution in [3.05, 3.63) is 52.5 Å². The Bertz CT molecular complexity index is 786. The molecular weight excluding hydrogens is 358 g/mol. The van der Waals surface area contributed by atoms with Crippen LogP contribution in [0, 0.1) is 13.8 Å². The largest absolute Gasteiger partial charge is 0.495 e. The van der Waals surface area contributed by atoms with Crippen molar-refractivity contribution in [2.24, 2.45) is 0 Å². The smallest absolute Gasteiger partial charge is 0.344 e. The van der Waals surface area contributed by atoms with E-state index in [9.17, 15) is 9.59 Å². The predicted molar refractivity (Wildman–Crippen MR) is 99.0 cm³/mol. The lowest BCUT2D eigenvalue weighted by Crippen LogP contribution is -2.23. The lowest BCUT2D eigenvalue weighted by atomic mass is 10.1. The van der Waals surface area contributed by atoms with Crippen LogP contribution in [0.2, 0.25) is 5.02 Å². The first-order chi connectivity index (χ1) is 12.4. The molecule has 2 rings (SSSR count). The van der Waals surface area contributed by atoms with Gasteiger partial charge >= 0.3 is 5.97 Å². The molecule has 0 aliphatic carbocycles. The van der Waals surface area contributed by atoms with E-state index in [1.807, 2.05) is 32.0 Å². The van der Waals surface area contributed by atoms with Crippen molar-refractivity contribution < 1.29 is 23.8 Å². The van der Waals surface area contributed by atoms with Crippen molar-refractivity contribution in [2.45, 2.75) is 13.8 Å². The van der Waals surface area contributed by atoms with Crippen molar-refractivity contribution in [3.8, 4) is 11.5 Å². The molecule has 0 heterocycles. The molecule has 0 radical (unpaired) electrons. The number of carbonyl (C=O) groups excluding carboxylic acids is 2. The fourth-order valence-electron chi connectivity index (χ4n) is 2.29. The molecule has 0 bridgehead atoms. The van der Waals surface area contributed by atoms with Gasteiger partial charge in [-0.3, -0.25) is 4.79 Å². The van der Waals surface area contributed by atoms with E-state index >= 15 is 0 Å². The average molecular weight is 378 g/mol. The fourth-order valence-corrected chi connectivity index (χ4v) is 2.55. The van der Waals surface area contributed by atoms with Crippen LogP contribution in [0.3, 0.4) is 0 Å². The highest BCUT2D eigenvalue weighted by molar-refractivity contribution is 6.32. The molecule has 0 spiro atoms. The average Bonchev–Trinajstić information content (AvgIpc) is 2.57. The number of aryl methyl sites for hydroxylation is 2. The van der Waals surface area contributed by atoms with Crippen LogP contribution in [0.5, 0.6) is 11.5 Å². The molecule has 0 aliphatic heterocycles. The van der Waals surface area contributed by atoms with Crippen LogP contribution in [0.4, 0.5) is 5.69 Å². The number of hydrogen-bond acceptors (Lipinski definition) is 5. The summed E-state index contributed by atoms with van der Waals surface area (Å²) in [5, 5.41) is 2.95. The molecule has 0 saturated carbocycles. The highest BCUT2D eigenvalue weighted by atomic mass is 35.5. The lowest BCUT2D eigenvalue weighted by Gasteiger charge is -2.10. The maximum absolute atomic E-state index is 11.8. The topological polar surface area (TPSA) is 73.9 Å². The molecule has 2 aromatic carbocycles. The van der Waals surface area contributed by atoms with Gasteiger partial charge in [0.2, 0.25) is 0 Å². The van der Waals surface area contributed by atoms with Crippen LogP contribution in [-0.4, -0.2) is 32.2 Å². The van der Waals surface area contributed by atoms with Gasteiger partial charge in [0.1, 0.15) is 11.5 Å². The van der Waals surface area contributed by atoms with Gasteiger partial charge in [-0.05, 0) is 55.3 Å². The molecule has 1 amide bonds. The number of halogens is 1. The Morgan fingerprint density at radius 3 is 2.35 bits per heavy atom. The second kappa shape index (κ2) is 9.10. The summed E-state index contributed by atoms with van der Waals surface area (Å²) in [6.45, 7) is 3.19. The lowest BCUT2D eigenvalue weighted by molar-refractivity contribution is -0.149. The van der Waals surface area contributed by atoms with Crippen LogP contribution in [0.15, 0.2) is 36.4 Å². The zero-order chi connectivity index (χ0) is 19.1. The van der Waals surface area contributed by atoms with E-state index in [1.165, 1.54) is 7.11 Å². The Balaban J connectivity index is 1.77. The zero-order valence-corrected chi connectivity index (χ0v) is 15.6. The molecule has 0 atom stereocenters. The minimum Gasteiger partial charge on any atom is -0.495 e. The van der Waals surface area contributed by atoms with Crippen LogP contribution in [-0.2, 0) is 14.3 Å². The maximum atomic E-state index is 11.8. The molecule has 138 valence electrons. The summed E-state index contributed by atoms with van der Waals surface area (Å²) in [6.07, 6.45) is 0. The van der Waals surface area contributed by atoms with Gasteiger partial charge in [0.25, 0.3) is 5.91 Å². The maximum Gasteiger partial charge on any atom is 0.344 e. The number of rotatable bonds is 7. The second-order valence-corrected chi connectivity index (χ2v) is 6.08. The minimum absolute atomic E-state index is 0.273. The van der Waals surface area contributed by atoms with E-state index in [0.717, 1.165) is 11.1 Å². The Morgan fingerprint density at radius 2 is 1.73 bits per heavy atom. The monoisotopic (exact) mass is 377 g/mol. The Labute approximate surface area is 157 Å². The molecule has 7 heteroatoms. The van der Waals surface area contributed by atoms with Crippen LogP contribution in [0.1, 0.15) is 11.1 Å². The number of benzene rings is 2. The Hall–Kier alpha value is -2.73. The van der Waals surface area contributed by atoms with Gasteiger partial charge in [-0.2, -0.15) is 0 Å². The number of ether oxygens (including phenoxy) is 3. The third-order valence-corrected chi connectivity index (χ3v) is 3.65. The summed E-state index contributed by atoms with van der Waals surface area (Å²) in [5.74, 6) is -0.0329. The quantitative estimate of drug-likeness (QED) is 0.747. The van der Waals surface area contributed by atoms with E-state index < -0.39 is 18.5 Å². The van der Waals surface area contributed by atoms with Gasteiger partial charge in [0, 0.05) is 5.69 Å². The summed E-state index contributed by atoms with van der Waals surface area (Å²) >= 11 is 5.98. The predicted octanol–water partition coefficient (Wildman–Crippen LogP) is 3.53. The number of carbonyl (C=O) groups is 2. The SMILES string of the molecule is COc1ccc(NC(=O)COC(=O)COc2cc(C)cc(C)c2)cc1Cl. The van der Waals surface area contributed by atoms with Gasteiger partial charge < -0.3 is 19.5 Å². The van der Waals surface area contributed by atoms with E-state index in [1.54, 1.807) is 18.2 Å². The highest BCUT2D eigenvalue weighted by Gasteiger charge is 2.10. The van der Waals surface area contributed by atoms with Gasteiger partial charge in [0.15, 0.2) is 13.2 Å². The van der Waals surface area contributed by atoms with Crippen molar-refractivity contribution in [3.63, 3.8) is 0 Å². The molecular formula is C19H20ClNO5. The zero-order valence-electron chi connectivity index (χ0n) is 14.8. The van der Waals surface area contributed by atoms with Gasteiger partial charge in [-0.1, -0.05) is 17.7 Å². The standard InChI is InChI=1S/C19H20ClNO5/c1-12-6-13(2)8-15(7-12)25-11-19(23)26-10-18(22)21-14-4-5-17(24-3)16(20)9-14/h4-9H,10-11H2,1-3H3,(H,21,22). The van der Waals surface area contributed by atoms with Crippen molar-refractivity contribution in [1.82, 2.24) is 0 Å². The highest BCUT2D eigenvalue weighted by Crippen LogP contribution is 2.27. The molecule has 26 heavy (non-hydrogen) atoms. The number of nitrogens with one attached hydrogen (secondary N) is 1. The van der Waals surface area contributed by atoms with Crippen LogP contribution in [0.25, 0.3) is 0 Å². The summed E-state index contributed by atoms with van der Waals surface area (Å²) in [6, 6.07) is 10.4. The normalized spacial score (nSPS) is 10.2. The van der Waals surface area contributed by atoms with Gasteiger partial charge in [-0.15, -0.1) is 0 Å². The first-order valence-electron chi connectivity index (χ1n) is 7.87. The summed E-state index contributed by atoms with van der Waals surface area (Å²) in [7, 11) is 1.50. The van der Waals surface area contributed by atoms with Gasteiger partial charge in [-0.25, -0.2) is 4.79 Å². The van der Waals surface area contributed by atoms with Gasteiger partial charge in [0.05, 0.1) is 12.1 Å². The molecule has 1 N–H and O–H groups in total. The number of anilines is 1.